The molecule has 4 bridgehead atoms. The van der Waals surface area contributed by atoms with E-state index in [0.29, 0.717) is 25.7 Å². The fraction of sp³-hybridized carbons (Fsp3) is 0.900. The molecule has 17 heteroatoms. The maximum absolute atomic E-state index is 11.8. The summed E-state index contributed by atoms with van der Waals surface area (Å²) in [6.07, 6.45) is 3.75. The topological polar surface area (TPSA) is 347 Å². The molecule has 4 saturated carbocycles. The molecule has 4 fully saturated rings. The summed E-state index contributed by atoms with van der Waals surface area (Å²) in [5.74, 6) is -0.560. The summed E-state index contributed by atoms with van der Waals surface area (Å²) in [7, 11) is -8.65. The summed E-state index contributed by atoms with van der Waals surface area (Å²) in [5, 5.41) is 0. The largest absolute Gasteiger partial charge is 2.00 e. The van der Waals surface area contributed by atoms with Crippen LogP contribution >= 0.6 is 0 Å². The van der Waals surface area contributed by atoms with Crippen molar-refractivity contribution in [2.75, 3.05) is 11.5 Å². The molecule has 18 N–H and O–H groups in total. The van der Waals surface area contributed by atoms with Crippen LogP contribution < -0.4 is 0 Å². The van der Waals surface area contributed by atoms with Gasteiger partial charge in [-0.05, 0) is 48.3 Å². The summed E-state index contributed by atoms with van der Waals surface area (Å²) in [5.41, 5.74) is -2.44. The summed E-state index contributed by atoms with van der Waals surface area (Å²) in [4.78, 5) is 23.7. The van der Waals surface area contributed by atoms with Crippen LogP contribution in [0.25, 0.3) is 0 Å². The van der Waals surface area contributed by atoms with Gasteiger partial charge in [0, 0.05) is 23.7 Å². The number of carbonyl (C=O) groups is 2. The zero-order chi connectivity index (χ0) is 23.0. The number of Topliss-reactive ketones (excluding diaryl/α,β-unsaturated/α-hetero) is 2. The monoisotopic (exact) mass is 690 g/mol. The molecule has 0 aromatic carbocycles. The second-order valence-electron chi connectivity index (χ2n) is 10.7. The predicted octanol–water partition coefficient (Wildman–Crippen LogP) is -3.68. The Kier molecular flexibility index (Phi) is 17.6. The maximum Gasteiger partial charge on any atom is 2.00 e. The first-order valence-electron chi connectivity index (χ1n) is 10.3. The molecule has 0 saturated heterocycles. The Morgan fingerprint density at radius 2 is 0.892 bits per heavy atom. The number of fused-ring (bicyclic) bond motifs is 4. The Bertz CT molecular complexity index is 915. The normalized spacial score (nSPS) is 31.3. The first-order chi connectivity index (χ1) is 13.4. The Balaban J connectivity index is -0.000000155. The van der Waals surface area contributed by atoms with Crippen LogP contribution in [0.15, 0.2) is 0 Å². The van der Waals surface area contributed by atoms with Crippen molar-refractivity contribution in [2.24, 2.45) is 33.5 Å². The van der Waals surface area contributed by atoms with Crippen molar-refractivity contribution < 1.29 is 95.7 Å². The molecule has 0 aliphatic heterocycles. The van der Waals surface area contributed by atoms with E-state index in [0.717, 1.165) is 12.8 Å². The SMILES string of the molecule is CC1(C)[C@@H]2CC[C@@]1(CS(=O)(=O)[O-])C(=O)C2.CC1(C)[C@@H]2CC[C@@]1(CS(=O)(=O)[O-])C(=O)C2.[Cd+2].[OH3+].[OH3+].[OH3+].[OH3+].[OH3+].[OH3+]. The van der Waals surface area contributed by atoms with Gasteiger partial charge in [-0.1, -0.05) is 27.7 Å². The number of ketones is 2. The summed E-state index contributed by atoms with van der Waals surface area (Å²) in [6.45, 7) is 7.67. The van der Waals surface area contributed by atoms with Crippen LogP contribution in [-0.4, -0.2) is 49.0 Å². The van der Waals surface area contributed by atoms with Crippen LogP contribution in [0, 0.1) is 33.5 Å². The molecule has 4 aliphatic rings. The predicted molar refractivity (Wildman–Crippen MR) is 135 cm³/mol. The van der Waals surface area contributed by atoms with Crippen molar-refractivity contribution in [2.45, 2.75) is 66.2 Å². The standard InChI is InChI=1S/2C10H16O4S.Cd.6H2O/c2*1-9(2)7-3-4-10(9,8(11)5-7)6-15(12,13)14;;;;;;;/h2*7H,3-6H2,1-2H3,(H,12,13,14);;6*1H2/q;;+2;;;;;;/p+4/t2*7-,10-;;;;;;;/m11......./s1. The van der Waals surface area contributed by atoms with E-state index in [1.807, 2.05) is 27.7 Å². The van der Waals surface area contributed by atoms with Gasteiger partial charge in [0.2, 0.25) is 0 Å². The molecule has 4 aliphatic carbocycles. The van der Waals surface area contributed by atoms with Crippen LogP contribution in [0.4, 0.5) is 0 Å². The second-order valence-corrected chi connectivity index (χ2v) is 13.5. The van der Waals surface area contributed by atoms with E-state index >= 15 is 0 Å². The maximum atomic E-state index is 11.8. The van der Waals surface area contributed by atoms with Crippen molar-refractivity contribution in [3.63, 3.8) is 0 Å². The fourth-order valence-corrected chi connectivity index (χ4v) is 9.38. The van der Waals surface area contributed by atoms with E-state index < -0.39 is 42.6 Å². The van der Waals surface area contributed by atoms with E-state index in [1.54, 1.807) is 0 Å². The Labute approximate surface area is 237 Å². The van der Waals surface area contributed by atoms with Crippen LogP contribution in [-0.2, 0) is 90.0 Å². The zero-order valence-electron chi connectivity index (χ0n) is 22.1. The smallest absolute Gasteiger partial charge is 0.748 e. The van der Waals surface area contributed by atoms with Gasteiger partial charge < -0.3 is 42.0 Å². The third-order valence-electron chi connectivity index (χ3n) is 9.12. The Hall–Kier alpha value is -0.158. The third-order valence-corrected chi connectivity index (χ3v) is 10.8. The minimum Gasteiger partial charge on any atom is -0.748 e. The van der Waals surface area contributed by atoms with Gasteiger partial charge in [-0.25, -0.2) is 16.8 Å². The van der Waals surface area contributed by atoms with Crippen molar-refractivity contribution in [3.8, 4) is 0 Å². The molecular formula is C20H48CdO14S2+6. The quantitative estimate of drug-likeness (QED) is 0.160. The molecule has 14 nitrogen and oxygen atoms in total. The molecule has 0 amide bonds. The van der Waals surface area contributed by atoms with Crippen LogP contribution in [0.3, 0.4) is 0 Å². The minimum atomic E-state index is -4.33. The first kappa shape index (κ1) is 46.7. The summed E-state index contributed by atoms with van der Waals surface area (Å²) in [6, 6.07) is 0. The van der Waals surface area contributed by atoms with Crippen LogP contribution in [0.2, 0.25) is 0 Å². The molecule has 4 rings (SSSR count). The average molecular weight is 689 g/mol. The van der Waals surface area contributed by atoms with Crippen molar-refractivity contribution in [1.29, 1.82) is 0 Å². The van der Waals surface area contributed by atoms with Gasteiger partial charge in [0.15, 0.2) is 0 Å². The second kappa shape index (κ2) is 14.0. The van der Waals surface area contributed by atoms with Gasteiger partial charge in [0.25, 0.3) is 0 Å². The van der Waals surface area contributed by atoms with Gasteiger partial charge in [0.05, 0.1) is 31.7 Å². The van der Waals surface area contributed by atoms with E-state index in [9.17, 15) is 35.5 Å². The number of carbonyl (C=O) groups excluding carboxylic acids is 2. The molecular weight excluding hydrogens is 641 g/mol. The third kappa shape index (κ3) is 7.53. The van der Waals surface area contributed by atoms with Gasteiger partial charge >= 0.3 is 27.3 Å². The minimum absolute atomic E-state index is 0. The molecule has 37 heavy (non-hydrogen) atoms. The van der Waals surface area contributed by atoms with Gasteiger partial charge in [-0.3, -0.25) is 9.59 Å². The fourth-order valence-electron chi connectivity index (χ4n) is 6.82. The summed E-state index contributed by atoms with van der Waals surface area (Å²) < 4.78 is 65.4. The van der Waals surface area contributed by atoms with Crippen LogP contribution in [0.5, 0.6) is 0 Å². The Morgan fingerprint density at radius 3 is 1.03 bits per heavy atom. The molecule has 0 radical (unpaired) electrons. The van der Waals surface area contributed by atoms with Crippen molar-refractivity contribution >= 4 is 31.8 Å². The van der Waals surface area contributed by atoms with Gasteiger partial charge in [0.1, 0.15) is 11.6 Å². The molecule has 4 atom stereocenters. The van der Waals surface area contributed by atoms with Crippen LogP contribution in [0.1, 0.15) is 66.2 Å². The number of hydrogen-bond donors (Lipinski definition) is 0. The molecule has 0 unspecified atom stereocenters. The van der Waals surface area contributed by atoms with Gasteiger partial charge in [-0.15, -0.1) is 0 Å². The van der Waals surface area contributed by atoms with E-state index in [2.05, 4.69) is 0 Å². The van der Waals surface area contributed by atoms with Crippen molar-refractivity contribution in [1.82, 2.24) is 0 Å². The van der Waals surface area contributed by atoms with Gasteiger partial charge in [-0.2, -0.15) is 0 Å². The van der Waals surface area contributed by atoms with E-state index in [-0.39, 0.29) is 94.4 Å². The van der Waals surface area contributed by atoms with E-state index in [4.69, 9.17) is 0 Å². The molecule has 0 spiro atoms. The Morgan fingerprint density at radius 1 is 0.649 bits per heavy atom. The molecule has 0 aromatic rings. The summed E-state index contributed by atoms with van der Waals surface area (Å²) >= 11 is 0. The molecule has 0 heterocycles. The number of hydrogen-bond acceptors (Lipinski definition) is 8. The molecule has 220 valence electrons. The van der Waals surface area contributed by atoms with E-state index in [1.165, 1.54) is 0 Å². The molecule has 0 aromatic heterocycles. The number of rotatable bonds is 4. The van der Waals surface area contributed by atoms with Crippen molar-refractivity contribution in [3.05, 3.63) is 0 Å². The zero-order valence-corrected chi connectivity index (χ0v) is 27.7. The average Bonchev–Trinajstić information content (AvgIpc) is 3.05. The first-order valence-corrected chi connectivity index (χ1v) is 13.5.